The maximum absolute atomic E-state index is 13.0. The first kappa shape index (κ1) is 20.3. The Labute approximate surface area is 172 Å². The van der Waals surface area contributed by atoms with Crippen molar-refractivity contribution in [2.45, 2.75) is 32.1 Å². The summed E-state index contributed by atoms with van der Waals surface area (Å²) in [5.74, 6) is 0.322. The van der Waals surface area contributed by atoms with E-state index in [2.05, 4.69) is 15.0 Å². The molecule has 0 radical (unpaired) electrons. The lowest BCUT2D eigenvalue weighted by Crippen LogP contribution is -2.21. The lowest BCUT2D eigenvalue weighted by molar-refractivity contribution is 0.0340. The summed E-state index contributed by atoms with van der Waals surface area (Å²) in [7, 11) is -3.39. The molecular weight excluding hydrogens is 417 g/mol. The fourth-order valence-corrected chi connectivity index (χ4v) is 4.99. The molecule has 29 heavy (non-hydrogen) atoms. The van der Waals surface area contributed by atoms with Crippen molar-refractivity contribution in [1.82, 2.24) is 19.5 Å². The van der Waals surface area contributed by atoms with Gasteiger partial charge >= 0.3 is 7.60 Å². The molecule has 11 heteroatoms. The van der Waals surface area contributed by atoms with Gasteiger partial charge in [-0.05, 0) is 24.6 Å². The maximum Gasteiger partial charge on any atom is 0.356 e. The van der Waals surface area contributed by atoms with E-state index in [0.29, 0.717) is 41.6 Å². The molecule has 2 aromatic heterocycles. The molecule has 1 saturated heterocycles. The smallest absolute Gasteiger partial charge is 0.356 e. The minimum Gasteiger partial charge on any atom is -0.382 e. The average Bonchev–Trinajstić information content (AvgIpc) is 3.11. The molecule has 154 valence electrons. The number of rotatable bonds is 6. The lowest BCUT2D eigenvalue weighted by atomic mass is 10.1. The zero-order valence-electron chi connectivity index (χ0n) is 15.8. The van der Waals surface area contributed by atoms with E-state index in [9.17, 15) is 4.57 Å². The Morgan fingerprint density at radius 3 is 3.10 bits per heavy atom. The highest BCUT2D eigenvalue weighted by Gasteiger charge is 2.35. The molecule has 1 aromatic carbocycles. The molecule has 2 N–H and O–H groups in total. The summed E-state index contributed by atoms with van der Waals surface area (Å²) in [6, 6.07) is 7.33. The number of nitrogens with two attached hydrogens (primary N) is 1. The Balaban J connectivity index is 1.38. The molecule has 0 saturated carbocycles. The van der Waals surface area contributed by atoms with Crippen molar-refractivity contribution < 1.29 is 18.3 Å². The average molecular weight is 438 g/mol. The summed E-state index contributed by atoms with van der Waals surface area (Å²) in [5, 5.41) is 0.606. The topological polar surface area (TPSA) is 114 Å². The summed E-state index contributed by atoms with van der Waals surface area (Å²) in [6.07, 6.45) is 2.84. The van der Waals surface area contributed by atoms with E-state index in [1.165, 1.54) is 6.33 Å². The highest BCUT2D eigenvalue weighted by molar-refractivity contribution is 7.53. The van der Waals surface area contributed by atoms with Gasteiger partial charge in [-0.15, -0.1) is 0 Å². The molecule has 3 atom stereocenters. The van der Waals surface area contributed by atoms with Gasteiger partial charge in [-0.3, -0.25) is 9.09 Å². The second-order valence-electron chi connectivity index (χ2n) is 6.82. The van der Waals surface area contributed by atoms with Crippen LogP contribution < -0.4 is 5.73 Å². The van der Waals surface area contributed by atoms with Crippen LogP contribution in [-0.2, 0) is 24.9 Å². The molecule has 9 nitrogen and oxygen atoms in total. The van der Waals surface area contributed by atoms with Gasteiger partial charge in [-0.2, -0.15) is 0 Å². The number of halogens is 1. The van der Waals surface area contributed by atoms with E-state index in [1.807, 2.05) is 29.7 Å². The third-order valence-electron chi connectivity index (χ3n) is 4.58. The van der Waals surface area contributed by atoms with Crippen molar-refractivity contribution in [2.24, 2.45) is 0 Å². The molecule has 3 aromatic rings. The molecule has 4 rings (SSSR count). The second-order valence-corrected chi connectivity index (χ2v) is 9.20. The van der Waals surface area contributed by atoms with Crippen LogP contribution in [0.1, 0.15) is 25.0 Å². The summed E-state index contributed by atoms with van der Waals surface area (Å²) < 4.78 is 31.8. The predicted octanol–water partition coefficient (Wildman–Crippen LogP) is 3.80. The summed E-state index contributed by atoms with van der Waals surface area (Å²) in [5.41, 5.74) is 7.83. The number of hydrogen-bond donors (Lipinski definition) is 1. The SMILES string of the molecule is C[C@H](Cn1cnc2c(N)ncnc21)OC[P@@]1(=O)OCC[C@@H](c2cccc(Cl)c2)O1. The van der Waals surface area contributed by atoms with Gasteiger partial charge in [0.05, 0.1) is 31.7 Å². The van der Waals surface area contributed by atoms with Gasteiger partial charge in [0.15, 0.2) is 11.5 Å². The molecule has 1 fully saturated rings. The Morgan fingerprint density at radius 1 is 1.41 bits per heavy atom. The zero-order chi connectivity index (χ0) is 20.4. The zero-order valence-corrected chi connectivity index (χ0v) is 17.4. The minimum atomic E-state index is -3.39. The van der Waals surface area contributed by atoms with Crippen molar-refractivity contribution in [3.8, 4) is 0 Å². The first-order valence-electron chi connectivity index (χ1n) is 9.14. The van der Waals surface area contributed by atoms with Crippen LogP contribution in [0.2, 0.25) is 5.02 Å². The molecule has 1 aliphatic heterocycles. The van der Waals surface area contributed by atoms with E-state index in [-0.39, 0.29) is 18.6 Å². The van der Waals surface area contributed by atoms with Crippen LogP contribution in [0.25, 0.3) is 11.2 Å². The molecule has 0 bridgehead atoms. The monoisotopic (exact) mass is 437 g/mol. The fraction of sp³-hybridized carbons (Fsp3) is 0.389. The van der Waals surface area contributed by atoms with E-state index in [1.54, 1.807) is 12.4 Å². The number of hydrogen-bond acceptors (Lipinski definition) is 8. The van der Waals surface area contributed by atoms with Crippen LogP contribution in [0.3, 0.4) is 0 Å². The van der Waals surface area contributed by atoms with E-state index >= 15 is 0 Å². The van der Waals surface area contributed by atoms with Crippen LogP contribution in [0.15, 0.2) is 36.9 Å². The summed E-state index contributed by atoms with van der Waals surface area (Å²) >= 11 is 6.05. The highest BCUT2D eigenvalue weighted by Crippen LogP contribution is 2.56. The molecule has 0 aliphatic carbocycles. The van der Waals surface area contributed by atoms with Crippen LogP contribution in [-0.4, -0.2) is 38.6 Å². The first-order valence-corrected chi connectivity index (χ1v) is 11.2. The number of nitrogens with zero attached hydrogens (tertiary/aromatic N) is 4. The number of benzene rings is 1. The highest BCUT2D eigenvalue weighted by atomic mass is 35.5. The lowest BCUT2D eigenvalue weighted by Gasteiger charge is -2.30. The van der Waals surface area contributed by atoms with Gasteiger partial charge in [0.25, 0.3) is 0 Å². The predicted molar refractivity (Wildman–Crippen MR) is 109 cm³/mol. The molecule has 3 heterocycles. The van der Waals surface area contributed by atoms with Crippen molar-refractivity contribution in [2.75, 3.05) is 18.7 Å². The van der Waals surface area contributed by atoms with Crippen LogP contribution in [0.4, 0.5) is 5.82 Å². The van der Waals surface area contributed by atoms with Gasteiger partial charge in [0, 0.05) is 11.4 Å². The van der Waals surface area contributed by atoms with Crippen molar-refractivity contribution in [3.05, 3.63) is 47.5 Å². The van der Waals surface area contributed by atoms with Gasteiger partial charge in [-0.25, -0.2) is 15.0 Å². The fourth-order valence-electron chi connectivity index (χ4n) is 3.16. The van der Waals surface area contributed by atoms with Gasteiger partial charge in [0.2, 0.25) is 0 Å². The van der Waals surface area contributed by atoms with Gasteiger partial charge in [0.1, 0.15) is 18.2 Å². The quantitative estimate of drug-likeness (QED) is 0.579. The molecule has 0 spiro atoms. The number of nitrogen functional groups attached to an aromatic ring is 1. The van der Waals surface area contributed by atoms with Crippen LogP contribution >= 0.6 is 19.2 Å². The maximum atomic E-state index is 13.0. The number of fused-ring (bicyclic) bond motifs is 1. The van der Waals surface area contributed by atoms with E-state index in [4.69, 9.17) is 31.1 Å². The number of imidazole rings is 1. The first-order chi connectivity index (χ1) is 13.9. The third-order valence-corrected chi connectivity index (χ3v) is 6.43. The molecule has 1 aliphatic rings. The third kappa shape index (κ3) is 4.60. The summed E-state index contributed by atoms with van der Waals surface area (Å²) in [4.78, 5) is 12.4. The number of anilines is 1. The van der Waals surface area contributed by atoms with Crippen molar-refractivity contribution >= 4 is 36.2 Å². The number of ether oxygens (including phenoxy) is 1. The molecule has 0 unspecified atom stereocenters. The minimum absolute atomic E-state index is 0.144. The molecule has 0 amide bonds. The summed E-state index contributed by atoms with van der Waals surface area (Å²) in [6.45, 7) is 2.64. The molecular formula is C18H21ClN5O4P. The Hall–Kier alpha value is -2.03. The van der Waals surface area contributed by atoms with E-state index in [0.717, 1.165) is 5.56 Å². The Morgan fingerprint density at radius 2 is 2.28 bits per heavy atom. The van der Waals surface area contributed by atoms with Crippen LogP contribution in [0, 0.1) is 0 Å². The van der Waals surface area contributed by atoms with E-state index < -0.39 is 7.60 Å². The number of aromatic nitrogens is 4. The van der Waals surface area contributed by atoms with Gasteiger partial charge < -0.3 is 19.6 Å². The normalized spacial score (nSPS) is 23.3. The van der Waals surface area contributed by atoms with Crippen LogP contribution in [0.5, 0.6) is 0 Å². The largest absolute Gasteiger partial charge is 0.382 e. The van der Waals surface area contributed by atoms with Gasteiger partial charge in [-0.1, -0.05) is 23.7 Å². The Bertz CT molecular complexity index is 1060. The van der Waals surface area contributed by atoms with Crippen molar-refractivity contribution in [1.29, 1.82) is 0 Å². The Kier molecular flexibility index (Phi) is 5.85. The second kappa shape index (κ2) is 8.38. The standard InChI is InChI=1S/C18H21ClN5O4P/c1-12(8-24-10-23-16-17(20)21-9-22-18(16)24)26-11-29(25)27-6-5-15(28-29)13-3-2-4-14(19)7-13/h2-4,7,9-10,12,15H,5-6,8,11H2,1H3,(H2,20,21,22)/t12-,15+,29-/m1/s1. The van der Waals surface area contributed by atoms with Crippen molar-refractivity contribution in [3.63, 3.8) is 0 Å².